The molecule has 1 fully saturated rings. The molecule has 1 saturated heterocycles. The number of carbonyl (C=O) groups excluding carboxylic acids is 1. The van der Waals surface area contributed by atoms with Crippen LogP contribution in [0.3, 0.4) is 0 Å². The quantitative estimate of drug-likeness (QED) is 0.641. The summed E-state index contributed by atoms with van der Waals surface area (Å²) in [6.45, 7) is 8.59. The van der Waals surface area contributed by atoms with Crippen molar-refractivity contribution in [1.82, 2.24) is 15.2 Å². The predicted molar refractivity (Wildman–Crippen MR) is 129 cm³/mol. The molecule has 0 bridgehead atoms. The number of aromatic nitrogens is 1. The van der Waals surface area contributed by atoms with Crippen LogP contribution in [-0.2, 0) is 17.6 Å². The highest BCUT2D eigenvalue weighted by molar-refractivity contribution is 5.77. The normalized spacial score (nSPS) is 18.7. The van der Waals surface area contributed by atoms with Gasteiger partial charge in [0.05, 0.1) is 17.9 Å². The number of ether oxygens (including phenoxy) is 1. The first-order valence-electron chi connectivity index (χ1n) is 12.2. The van der Waals surface area contributed by atoms with Crippen molar-refractivity contribution in [1.29, 1.82) is 0 Å². The summed E-state index contributed by atoms with van der Waals surface area (Å²) >= 11 is 0. The van der Waals surface area contributed by atoms with E-state index in [0.29, 0.717) is 30.3 Å². The number of fused-ring (bicyclic) bond motifs is 1. The van der Waals surface area contributed by atoms with Gasteiger partial charge in [-0.2, -0.15) is 0 Å². The van der Waals surface area contributed by atoms with Crippen LogP contribution in [0.4, 0.5) is 0 Å². The van der Waals surface area contributed by atoms with Crippen LogP contribution in [0, 0.1) is 5.92 Å². The van der Waals surface area contributed by atoms with E-state index in [4.69, 9.17) is 4.74 Å². The summed E-state index contributed by atoms with van der Waals surface area (Å²) in [4.78, 5) is 19.8. The third-order valence-electron chi connectivity index (χ3n) is 6.48. The van der Waals surface area contributed by atoms with Crippen LogP contribution in [0.2, 0.25) is 0 Å². The number of amides is 1. The van der Waals surface area contributed by atoms with E-state index in [1.54, 1.807) is 12.3 Å². The zero-order valence-corrected chi connectivity index (χ0v) is 20.1. The molecule has 0 saturated carbocycles. The number of nitrogens with zero attached hydrogens (tertiary/aromatic N) is 2. The van der Waals surface area contributed by atoms with E-state index in [9.17, 15) is 9.90 Å². The highest BCUT2D eigenvalue weighted by Gasteiger charge is 2.29. The maximum absolute atomic E-state index is 13.0. The maximum atomic E-state index is 13.0. The van der Waals surface area contributed by atoms with E-state index in [0.717, 1.165) is 38.8 Å². The summed E-state index contributed by atoms with van der Waals surface area (Å²) in [6.07, 6.45) is 5.46. The van der Waals surface area contributed by atoms with Gasteiger partial charge in [-0.1, -0.05) is 24.3 Å². The molecule has 2 aliphatic rings. The van der Waals surface area contributed by atoms with Crippen molar-refractivity contribution in [2.45, 2.75) is 70.6 Å². The molecule has 4 rings (SSSR count). The van der Waals surface area contributed by atoms with E-state index in [1.807, 2.05) is 26.8 Å². The number of hydrogen-bond donors (Lipinski definition) is 2. The van der Waals surface area contributed by atoms with Crippen molar-refractivity contribution >= 4 is 5.91 Å². The molecule has 2 N–H and O–H groups in total. The number of hydrogen-bond acceptors (Lipinski definition) is 5. The summed E-state index contributed by atoms with van der Waals surface area (Å²) in [6, 6.07) is 11.7. The molecule has 2 unspecified atom stereocenters. The van der Waals surface area contributed by atoms with Crippen molar-refractivity contribution in [3.63, 3.8) is 0 Å². The summed E-state index contributed by atoms with van der Waals surface area (Å²) in [5.74, 6) is 0.988. The molecule has 33 heavy (non-hydrogen) atoms. The van der Waals surface area contributed by atoms with E-state index >= 15 is 0 Å². The molecule has 0 spiro atoms. The molecule has 2 heterocycles. The first-order valence-corrected chi connectivity index (χ1v) is 12.2. The van der Waals surface area contributed by atoms with E-state index in [-0.39, 0.29) is 11.5 Å². The Morgan fingerprint density at radius 3 is 2.39 bits per heavy atom. The molecular weight excluding hydrogens is 414 g/mol. The van der Waals surface area contributed by atoms with Gasteiger partial charge in [0.25, 0.3) is 0 Å². The number of aliphatic hydroxyl groups excluding tert-OH is 1. The van der Waals surface area contributed by atoms with Gasteiger partial charge in [0.2, 0.25) is 5.91 Å². The van der Waals surface area contributed by atoms with Crippen LogP contribution >= 0.6 is 0 Å². The first kappa shape index (κ1) is 23.7. The SMILES string of the molecule is CC(C)(C)Oc1ccc(C(O)C(CN2CCCC2)NC(=O)CC2Cc3ccccc3C2)nc1. The molecule has 1 aromatic carbocycles. The third kappa shape index (κ3) is 6.55. The number of benzene rings is 1. The van der Waals surface area contributed by atoms with Gasteiger partial charge in [0, 0.05) is 13.0 Å². The van der Waals surface area contributed by atoms with Crippen molar-refractivity contribution in [2.24, 2.45) is 5.92 Å². The van der Waals surface area contributed by atoms with Crippen molar-refractivity contribution in [2.75, 3.05) is 19.6 Å². The summed E-state index contributed by atoms with van der Waals surface area (Å²) < 4.78 is 5.85. The zero-order valence-electron chi connectivity index (χ0n) is 20.1. The molecule has 178 valence electrons. The van der Waals surface area contributed by atoms with Crippen molar-refractivity contribution in [3.8, 4) is 5.75 Å². The second-order valence-corrected chi connectivity index (χ2v) is 10.5. The minimum absolute atomic E-state index is 0.00346. The van der Waals surface area contributed by atoms with Gasteiger partial charge in [0.15, 0.2) is 0 Å². The van der Waals surface area contributed by atoms with Crippen LogP contribution in [0.1, 0.15) is 63.0 Å². The fourth-order valence-corrected chi connectivity index (χ4v) is 4.98. The monoisotopic (exact) mass is 451 g/mol. The highest BCUT2D eigenvalue weighted by atomic mass is 16.5. The fourth-order valence-electron chi connectivity index (χ4n) is 4.98. The van der Waals surface area contributed by atoms with Crippen LogP contribution < -0.4 is 10.1 Å². The van der Waals surface area contributed by atoms with Gasteiger partial charge < -0.3 is 20.1 Å². The van der Waals surface area contributed by atoms with Crippen LogP contribution in [0.25, 0.3) is 0 Å². The second kappa shape index (κ2) is 10.2. The van der Waals surface area contributed by atoms with E-state index < -0.39 is 12.1 Å². The van der Waals surface area contributed by atoms with Crippen molar-refractivity contribution < 1.29 is 14.6 Å². The third-order valence-corrected chi connectivity index (χ3v) is 6.48. The predicted octanol–water partition coefficient (Wildman–Crippen LogP) is 3.68. The molecule has 2 aromatic rings. The summed E-state index contributed by atoms with van der Waals surface area (Å²) in [5, 5.41) is 14.3. The molecular formula is C27H37N3O3. The molecule has 0 radical (unpaired) electrons. The Balaban J connectivity index is 1.40. The Morgan fingerprint density at radius 2 is 1.82 bits per heavy atom. The number of likely N-dealkylation sites (tertiary alicyclic amines) is 1. The summed E-state index contributed by atoms with van der Waals surface area (Å²) in [5.41, 5.74) is 2.94. The topological polar surface area (TPSA) is 74.7 Å². The Labute approximate surface area is 197 Å². The molecule has 1 aliphatic carbocycles. The minimum atomic E-state index is -0.876. The average molecular weight is 452 g/mol. The first-order chi connectivity index (χ1) is 15.8. The van der Waals surface area contributed by atoms with Gasteiger partial charge in [0.1, 0.15) is 17.5 Å². The van der Waals surface area contributed by atoms with Gasteiger partial charge in [-0.15, -0.1) is 0 Å². The molecule has 1 aromatic heterocycles. The Hall–Kier alpha value is -2.44. The smallest absolute Gasteiger partial charge is 0.220 e. The van der Waals surface area contributed by atoms with Gasteiger partial charge >= 0.3 is 0 Å². The highest BCUT2D eigenvalue weighted by Crippen LogP contribution is 2.29. The summed E-state index contributed by atoms with van der Waals surface area (Å²) in [7, 11) is 0. The maximum Gasteiger partial charge on any atom is 0.220 e. The van der Waals surface area contributed by atoms with Gasteiger partial charge in [-0.05, 0) is 88.7 Å². The second-order valence-electron chi connectivity index (χ2n) is 10.5. The van der Waals surface area contributed by atoms with Crippen LogP contribution in [-0.4, -0.2) is 52.2 Å². The number of pyridine rings is 1. The lowest BCUT2D eigenvalue weighted by Crippen LogP contribution is -2.47. The van der Waals surface area contributed by atoms with Gasteiger partial charge in [-0.25, -0.2) is 0 Å². The largest absolute Gasteiger partial charge is 0.487 e. The average Bonchev–Trinajstić information content (AvgIpc) is 3.41. The Bertz CT molecular complexity index is 907. The van der Waals surface area contributed by atoms with E-state index in [1.165, 1.54) is 11.1 Å². The van der Waals surface area contributed by atoms with Crippen LogP contribution in [0.15, 0.2) is 42.6 Å². The fraction of sp³-hybridized carbons (Fsp3) is 0.556. The molecule has 1 aliphatic heterocycles. The number of nitrogens with one attached hydrogen (secondary N) is 1. The van der Waals surface area contributed by atoms with Crippen molar-refractivity contribution in [3.05, 3.63) is 59.4 Å². The zero-order chi connectivity index (χ0) is 23.4. The number of carbonyl (C=O) groups is 1. The molecule has 6 nitrogen and oxygen atoms in total. The number of aliphatic hydroxyl groups is 1. The van der Waals surface area contributed by atoms with Gasteiger partial charge in [-0.3, -0.25) is 9.78 Å². The molecule has 1 amide bonds. The Morgan fingerprint density at radius 1 is 1.15 bits per heavy atom. The molecule has 2 atom stereocenters. The standard InChI is InChI=1S/C27H37N3O3/c1-27(2,3)33-22-10-11-23(28-17-22)26(32)24(18-30-12-6-7-13-30)29-25(31)16-19-14-20-8-4-5-9-21(20)15-19/h4-5,8-11,17,19,24,26,32H,6-7,12-16,18H2,1-3H3,(H,29,31). The lowest BCUT2D eigenvalue weighted by molar-refractivity contribution is -0.123. The van der Waals surface area contributed by atoms with Crippen LogP contribution in [0.5, 0.6) is 5.75 Å². The van der Waals surface area contributed by atoms with E-state index in [2.05, 4.69) is 39.5 Å². The lowest BCUT2D eigenvalue weighted by Gasteiger charge is -2.29. The lowest BCUT2D eigenvalue weighted by atomic mass is 10.0. The molecule has 6 heteroatoms. The Kier molecular flexibility index (Phi) is 7.35. The number of rotatable bonds is 8. The minimum Gasteiger partial charge on any atom is -0.487 e.